The molecule has 0 aliphatic carbocycles. The van der Waals surface area contributed by atoms with Crippen LogP contribution in [0.4, 0.5) is 5.69 Å². The second-order valence-corrected chi connectivity index (χ2v) is 2.87. The Kier molecular flexibility index (Phi) is 2.89. The third-order valence-corrected chi connectivity index (χ3v) is 1.91. The van der Waals surface area contributed by atoms with Crippen molar-refractivity contribution in [1.82, 2.24) is 0 Å². The molecule has 0 fully saturated rings. The van der Waals surface area contributed by atoms with Gasteiger partial charge in [-0.3, -0.25) is 10.1 Å². The molecule has 0 bridgehead atoms. The van der Waals surface area contributed by atoms with Crippen molar-refractivity contribution in [3.8, 4) is 0 Å². The molecule has 0 aromatic heterocycles. The van der Waals surface area contributed by atoms with Crippen molar-refractivity contribution in [3.63, 3.8) is 0 Å². The van der Waals surface area contributed by atoms with Gasteiger partial charge >= 0.3 is 0 Å². The van der Waals surface area contributed by atoms with Crippen molar-refractivity contribution < 1.29 is 4.92 Å². The highest BCUT2D eigenvalue weighted by Crippen LogP contribution is 2.24. The zero-order chi connectivity index (χ0) is 9.14. The lowest BCUT2D eigenvalue weighted by Crippen LogP contribution is -1.92. The largest absolute Gasteiger partial charge is 0.275 e. The van der Waals surface area contributed by atoms with Crippen molar-refractivity contribution in [2.24, 2.45) is 0 Å². The maximum Gasteiger partial charge on any atom is 0.275 e. The average molecular weight is 206 g/mol. The first-order valence-electron chi connectivity index (χ1n) is 3.14. The van der Waals surface area contributed by atoms with Gasteiger partial charge in [0, 0.05) is 16.7 Å². The molecular weight excluding hydrogens is 201 g/mol. The molecule has 0 saturated heterocycles. The predicted molar refractivity (Wildman–Crippen MR) is 47.7 cm³/mol. The van der Waals surface area contributed by atoms with Gasteiger partial charge in [-0.15, -0.1) is 11.6 Å². The van der Waals surface area contributed by atoms with E-state index in [1.54, 1.807) is 12.1 Å². The fourth-order valence-corrected chi connectivity index (χ4v) is 1.21. The first-order chi connectivity index (χ1) is 5.65. The van der Waals surface area contributed by atoms with E-state index in [-0.39, 0.29) is 11.6 Å². The quantitative estimate of drug-likeness (QED) is 0.424. The Morgan fingerprint density at radius 1 is 1.50 bits per heavy atom. The van der Waals surface area contributed by atoms with Crippen LogP contribution in [0.1, 0.15) is 5.56 Å². The minimum atomic E-state index is -0.496. The average Bonchev–Trinajstić information content (AvgIpc) is 2.04. The number of hydrogen-bond acceptors (Lipinski definition) is 2. The van der Waals surface area contributed by atoms with E-state index in [4.69, 9.17) is 23.2 Å². The zero-order valence-electron chi connectivity index (χ0n) is 5.96. The molecule has 1 aromatic rings. The van der Waals surface area contributed by atoms with Gasteiger partial charge in [0.1, 0.15) is 0 Å². The van der Waals surface area contributed by atoms with Gasteiger partial charge < -0.3 is 0 Å². The molecule has 0 amide bonds. The molecule has 0 radical (unpaired) electrons. The highest BCUT2D eigenvalue weighted by Gasteiger charge is 2.12. The van der Waals surface area contributed by atoms with Gasteiger partial charge in [0.25, 0.3) is 5.69 Å². The molecule has 0 spiro atoms. The summed E-state index contributed by atoms with van der Waals surface area (Å²) in [5.41, 5.74) is 0.448. The molecule has 0 N–H and O–H groups in total. The maximum atomic E-state index is 10.4. The monoisotopic (exact) mass is 205 g/mol. The second kappa shape index (κ2) is 3.74. The molecule has 0 heterocycles. The summed E-state index contributed by atoms with van der Waals surface area (Å²) in [7, 11) is 0. The summed E-state index contributed by atoms with van der Waals surface area (Å²) in [4.78, 5) is 9.92. The Morgan fingerprint density at radius 2 is 2.17 bits per heavy atom. The van der Waals surface area contributed by atoms with Crippen LogP contribution in [0.5, 0.6) is 0 Å². The molecule has 0 unspecified atom stereocenters. The van der Waals surface area contributed by atoms with Crippen LogP contribution in [0.25, 0.3) is 0 Å². The number of halogens is 2. The zero-order valence-corrected chi connectivity index (χ0v) is 7.47. The Bertz CT molecular complexity index is 314. The standard InChI is InChI=1S/C7H5Cl2NO2/c8-4-5-1-2-6(9)3-7(5)10(11)12/h1-3H,4H2. The molecule has 3 nitrogen and oxygen atoms in total. The molecule has 1 aromatic carbocycles. The highest BCUT2D eigenvalue weighted by atomic mass is 35.5. The molecule has 0 saturated carbocycles. The van der Waals surface area contributed by atoms with Crippen molar-refractivity contribution in [2.45, 2.75) is 5.88 Å². The van der Waals surface area contributed by atoms with E-state index in [2.05, 4.69) is 0 Å². The predicted octanol–water partition coefficient (Wildman–Crippen LogP) is 2.99. The van der Waals surface area contributed by atoms with Crippen molar-refractivity contribution in [2.75, 3.05) is 0 Å². The van der Waals surface area contributed by atoms with Gasteiger partial charge in [0.05, 0.1) is 10.8 Å². The third kappa shape index (κ3) is 1.87. The third-order valence-electron chi connectivity index (χ3n) is 1.39. The Labute approximate surface area is 79.1 Å². The Morgan fingerprint density at radius 3 is 2.67 bits per heavy atom. The summed E-state index contributed by atoms with van der Waals surface area (Å²) in [5.74, 6) is 0.119. The van der Waals surface area contributed by atoms with Gasteiger partial charge in [-0.25, -0.2) is 0 Å². The van der Waals surface area contributed by atoms with Crippen LogP contribution in [0, 0.1) is 10.1 Å². The summed E-state index contributed by atoms with van der Waals surface area (Å²) >= 11 is 11.1. The molecule has 64 valence electrons. The summed E-state index contributed by atoms with van der Waals surface area (Å²) in [5, 5.41) is 10.8. The number of alkyl halides is 1. The molecule has 0 aliphatic heterocycles. The lowest BCUT2D eigenvalue weighted by atomic mass is 10.2. The highest BCUT2D eigenvalue weighted by molar-refractivity contribution is 6.30. The van der Waals surface area contributed by atoms with Crippen LogP contribution in [-0.4, -0.2) is 4.92 Å². The van der Waals surface area contributed by atoms with E-state index >= 15 is 0 Å². The SMILES string of the molecule is O=[N+]([O-])c1cc(Cl)ccc1CCl. The molecule has 12 heavy (non-hydrogen) atoms. The minimum Gasteiger partial charge on any atom is -0.258 e. The minimum absolute atomic E-state index is 0.0301. The van der Waals surface area contributed by atoms with Crippen molar-refractivity contribution in [1.29, 1.82) is 0 Å². The smallest absolute Gasteiger partial charge is 0.258 e. The van der Waals surface area contributed by atoms with Gasteiger partial charge in [-0.1, -0.05) is 11.6 Å². The first kappa shape index (κ1) is 9.29. The molecule has 0 aliphatic rings. The topological polar surface area (TPSA) is 43.1 Å². The van der Waals surface area contributed by atoms with Crippen LogP contribution in [0.3, 0.4) is 0 Å². The van der Waals surface area contributed by atoms with Crippen LogP contribution in [0.15, 0.2) is 18.2 Å². The van der Waals surface area contributed by atoms with Crippen LogP contribution >= 0.6 is 23.2 Å². The van der Waals surface area contributed by atoms with Gasteiger partial charge in [-0.05, 0) is 12.1 Å². The van der Waals surface area contributed by atoms with Gasteiger partial charge in [0.15, 0.2) is 0 Å². The number of nitro groups is 1. The van der Waals surface area contributed by atoms with Crippen LogP contribution in [-0.2, 0) is 5.88 Å². The lowest BCUT2D eigenvalue weighted by Gasteiger charge is -1.97. The summed E-state index contributed by atoms with van der Waals surface area (Å²) in [6.07, 6.45) is 0. The summed E-state index contributed by atoms with van der Waals surface area (Å²) in [6.45, 7) is 0. The number of rotatable bonds is 2. The number of nitrogens with zero attached hydrogens (tertiary/aromatic N) is 1. The fraction of sp³-hybridized carbons (Fsp3) is 0.143. The van der Waals surface area contributed by atoms with E-state index < -0.39 is 4.92 Å². The Hall–Kier alpha value is -0.800. The Balaban J connectivity index is 3.21. The van der Waals surface area contributed by atoms with E-state index in [0.29, 0.717) is 10.6 Å². The summed E-state index contributed by atoms with van der Waals surface area (Å²) in [6, 6.07) is 4.42. The van der Waals surface area contributed by atoms with E-state index in [1.165, 1.54) is 6.07 Å². The molecule has 1 rings (SSSR count). The van der Waals surface area contributed by atoms with Crippen molar-refractivity contribution in [3.05, 3.63) is 38.9 Å². The van der Waals surface area contributed by atoms with Crippen LogP contribution in [0.2, 0.25) is 5.02 Å². The number of hydrogen-bond donors (Lipinski definition) is 0. The number of benzene rings is 1. The summed E-state index contributed by atoms with van der Waals surface area (Å²) < 4.78 is 0. The van der Waals surface area contributed by atoms with Gasteiger partial charge in [-0.2, -0.15) is 0 Å². The number of nitro benzene ring substituents is 1. The fourth-order valence-electron chi connectivity index (χ4n) is 0.820. The lowest BCUT2D eigenvalue weighted by molar-refractivity contribution is -0.385. The molecule has 0 atom stereocenters. The molecule has 5 heteroatoms. The maximum absolute atomic E-state index is 10.4. The molecular formula is C7H5Cl2NO2. The van der Waals surface area contributed by atoms with E-state index in [1.807, 2.05) is 0 Å². The van der Waals surface area contributed by atoms with Crippen molar-refractivity contribution >= 4 is 28.9 Å². The van der Waals surface area contributed by atoms with E-state index in [9.17, 15) is 10.1 Å². The van der Waals surface area contributed by atoms with Crippen LogP contribution < -0.4 is 0 Å². The van der Waals surface area contributed by atoms with Gasteiger partial charge in [0.2, 0.25) is 0 Å². The first-order valence-corrected chi connectivity index (χ1v) is 4.05. The second-order valence-electron chi connectivity index (χ2n) is 2.16. The van der Waals surface area contributed by atoms with E-state index in [0.717, 1.165) is 0 Å². The normalized spacial score (nSPS) is 9.83.